The Bertz CT molecular complexity index is 617. The molecule has 1 aromatic carbocycles. The van der Waals surface area contributed by atoms with E-state index in [0.29, 0.717) is 5.75 Å². The van der Waals surface area contributed by atoms with Gasteiger partial charge in [-0.2, -0.15) is 0 Å². The summed E-state index contributed by atoms with van der Waals surface area (Å²) >= 11 is 3.53. The Morgan fingerprint density at radius 1 is 1.39 bits per heavy atom. The van der Waals surface area contributed by atoms with Crippen molar-refractivity contribution in [1.82, 2.24) is 0 Å². The van der Waals surface area contributed by atoms with Gasteiger partial charge in [-0.3, -0.25) is 4.79 Å². The molecule has 0 amide bonds. The maximum atomic E-state index is 12.2. The lowest BCUT2D eigenvalue weighted by Gasteiger charge is -2.30. The summed E-state index contributed by atoms with van der Waals surface area (Å²) in [5, 5.41) is 9.62. The Balaban J connectivity index is 2.01. The summed E-state index contributed by atoms with van der Waals surface area (Å²) in [6.07, 6.45) is 4.08. The molecular formula is C15H13BrO2. The van der Waals surface area contributed by atoms with Crippen LogP contribution in [0.5, 0.6) is 5.75 Å². The number of rotatable bonds is 0. The number of hydrogen-bond acceptors (Lipinski definition) is 2. The molecule has 2 bridgehead atoms. The first kappa shape index (κ1) is 10.8. The minimum absolute atomic E-state index is 0.160. The zero-order chi connectivity index (χ0) is 12.5. The number of carbonyl (C=O) groups excluding carboxylic acids is 1. The molecule has 0 saturated heterocycles. The van der Waals surface area contributed by atoms with Gasteiger partial charge in [0.25, 0.3) is 0 Å². The van der Waals surface area contributed by atoms with Crippen LogP contribution in [0.1, 0.15) is 30.4 Å². The van der Waals surface area contributed by atoms with Crippen LogP contribution in [-0.4, -0.2) is 10.9 Å². The molecule has 0 radical (unpaired) electrons. The van der Waals surface area contributed by atoms with Crippen molar-refractivity contribution in [1.29, 1.82) is 0 Å². The molecule has 18 heavy (non-hydrogen) atoms. The first-order chi connectivity index (χ1) is 8.61. The SMILES string of the molecule is O=C1C(Br)=C2c3ccc(O)cc3CC23CCC1C3. The number of fused-ring (bicyclic) bond motifs is 3. The quantitative estimate of drug-likeness (QED) is 0.797. The highest BCUT2D eigenvalue weighted by atomic mass is 79.9. The maximum absolute atomic E-state index is 12.2. The molecule has 4 rings (SSSR count). The third-order valence-electron chi connectivity index (χ3n) is 4.83. The normalized spacial score (nSPS) is 32.7. The predicted molar refractivity (Wildman–Crippen MR) is 72.4 cm³/mol. The monoisotopic (exact) mass is 304 g/mol. The fraction of sp³-hybridized carbons (Fsp3) is 0.400. The van der Waals surface area contributed by atoms with Gasteiger partial charge in [-0.15, -0.1) is 0 Å². The minimum Gasteiger partial charge on any atom is -0.508 e. The predicted octanol–water partition coefficient (Wildman–Crippen LogP) is 3.42. The van der Waals surface area contributed by atoms with E-state index in [9.17, 15) is 9.90 Å². The van der Waals surface area contributed by atoms with Gasteiger partial charge in [0.2, 0.25) is 0 Å². The van der Waals surface area contributed by atoms with Gasteiger partial charge in [-0.1, -0.05) is 6.07 Å². The Morgan fingerprint density at radius 2 is 2.22 bits per heavy atom. The number of ketones is 1. The lowest BCUT2D eigenvalue weighted by molar-refractivity contribution is -0.118. The van der Waals surface area contributed by atoms with E-state index in [4.69, 9.17) is 0 Å². The van der Waals surface area contributed by atoms with Crippen LogP contribution in [0, 0.1) is 11.3 Å². The highest BCUT2D eigenvalue weighted by Crippen LogP contribution is 2.63. The van der Waals surface area contributed by atoms with Crippen LogP contribution < -0.4 is 0 Å². The van der Waals surface area contributed by atoms with Crippen LogP contribution >= 0.6 is 15.9 Å². The minimum atomic E-state index is 0.160. The van der Waals surface area contributed by atoms with Crippen molar-refractivity contribution in [2.45, 2.75) is 25.7 Å². The highest BCUT2D eigenvalue weighted by molar-refractivity contribution is 9.12. The second-order valence-corrected chi connectivity index (χ2v) is 6.58. The van der Waals surface area contributed by atoms with Gasteiger partial charge >= 0.3 is 0 Å². The van der Waals surface area contributed by atoms with E-state index in [0.717, 1.165) is 35.7 Å². The topological polar surface area (TPSA) is 37.3 Å². The molecule has 1 fully saturated rings. The molecule has 0 aliphatic heterocycles. The van der Waals surface area contributed by atoms with E-state index in [-0.39, 0.29) is 17.1 Å². The van der Waals surface area contributed by atoms with Crippen molar-refractivity contribution >= 4 is 27.3 Å². The molecule has 2 atom stereocenters. The summed E-state index contributed by atoms with van der Waals surface area (Å²) in [6, 6.07) is 5.53. The van der Waals surface area contributed by atoms with Crippen molar-refractivity contribution in [2.24, 2.45) is 11.3 Å². The molecule has 1 spiro atoms. The number of benzene rings is 1. The third kappa shape index (κ3) is 1.16. The molecule has 3 heteroatoms. The molecule has 0 heterocycles. The Hall–Kier alpha value is -1.09. The summed E-state index contributed by atoms with van der Waals surface area (Å²) in [6.45, 7) is 0. The fourth-order valence-corrected chi connectivity index (χ4v) is 5.06. The van der Waals surface area contributed by atoms with Crippen LogP contribution in [0.2, 0.25) is 0 Å². The molecule has 3 aliphatic carbocycles. The molecule has 1 N–H and O–H groups in total. The summed E-state index contributed by atoms with van der Waals surface area (Å²) in [5.41, 5.74) is 3.72. The number of aromatic hydroxyl groups is 1. The maximum Gasteiger partial charge on any atom is 0.173 e. The number of Topliss-reactive ketones (excluding diaryl/α,β-unsaturated/α-hetero) is 1. The van der Waals surface area contributed by atoms with E-state index >= 15 is 0 Å². The van der Waals surface area contributed by atoms with Gasteiger partial charge in [0.1, 0.15) is 5.75 Å². The molecule has 92 valence electrons. The van der Waals surface area contributed by atoms with Crippen LogP contribution in [0.25, 0.3) is 5.57 Å². The number of phenolic OH excluding ortho intramolecular Hbond substituents is 1. The van der Waals surface area contributed by atoms with Crippen LogP contribution in [-0.2, 0) is 11.2 Å². The zero-order valence-corrected chi connectivity index (χ0v) is 11.5. The molecule has 2 unspecified atom stereocenters. The van der Waals surface area contributed by atoms with E-state index in [1.807, 2.05) is 12.1 Å². The Morgan fingerprint density at radius 3 is 3.06 bits per heavy atom. The van der Waals surface area contributed by atoms with Gasteiger partial charge < -0.3 is 5.11 Å². The lowest BCUT2D eigenvalue weighted by atomic mass is 9.74. The molecular weight excluding hydrogens is 292 g/mol. The summed E-state index contributed by atoms with van der Waals surface area (Å²) in [4.78, 5) is 12.2. The van der Waals surface area contributed by atoms with Crippen LogP contribution in [0.4, 0.5) is 0 Å². The van der Waals surface area contributed by atoms with Gasteiger partial charge in [0.15, 0.2) is 5.78 Å². The van der Waals surface area contributed by atoms with Crippen molar-refractivity contribution in [3.8, 4) is 5.75 Å². The lowest BCUT2D eigenvalue weighted by Crippen LogP contribution is -2.25. The molecule has 1 saturated carbocycles. The number of allylic oxidation sites excluding steroid dienone is 2. The highest BCUT2D eigenvalue weighted by Gasteiger charge is 2.53. The van der Waals surface area contributed by atoms with Crippen LogP contribution in [0.3, 0.4) is 0 Å². The van der Waals surface area contributed by atoms with E-state index in [1.54, 1.807) is 6.07 Å². The van der Waals surface area contributed by atoms with E-state index in [1.165, 1.54) is 11.1 Å². The zero-order valence-electron chi connectivity index (χ0n) is 9.87. The number of hydrogen-bond donors (Lipinski definition) is 1. The Kier molecular flexibility index (Phi) is 1.96. The Labute approximate surface area is 114 Å². The molecule has 0 aromatic heterocycles. The average Bonchev–Trinajstić information content (AvgIpc) is 2.86. The third-order valence-corrected chi connectivity index (χ3v) is 5.62. The van der Waals surface area contributed by atoms with E-state index < -0.39 is 0 Å². The number of phenols is 1. The number of halogens is 1. The fourth-order valence-electron chi connectivity index (χ4n) is 4.10. The summed E-state index contributed by atoms with van der Waals surface area (Å²) < 4.78 is 0.792. The van der Waals surface area contributed by atoms with Crippen molar-refractivity contribution in [3.05, 3.63) is 33.8 Å². The van der Waals surface area contributed by atoms with Gasteiger partial charge in [-0.05, 0) is 70.4 Å². The first-order valence-corrected chi connectivity index (χ1v) is 7.17. The first-order valence-electron chi connectivity index (χ1n) is 6.37. The van der Waals surface area contributed by atoms with Gasteiger partial charge in [-0.25, -0.2) is 0 Å². The van der Waals surface area contributed by atoms with Gasteiger partial charge in [0, 0.05) is 11.3 Å². The molecule has 2 nitrogen and oxygen atoms in total. The molecule has 3 aliphatic rings. The smallest absolute Gasteiger partial charge is 0.173 e. The van der Waals surface area contributed by atoms with Gasteiger partial charge in [0.05, 0.1) is 4.48 Å². The standard InChI is InChI=1S/C15H13BrO2/c16-13-12-11-2-1-10(17)5-9(11)7-15(12)4-3-8(6-15)14(13)18/h1-2,5,8,17H,3-4,6-7H2. The average molecular weight is 305 g/mol. The van der Waals surface area contributed by atoms with Crippen molar-refractivity contribution < 1.29 is 9.90 Å². The van der Waals surface area contributed by atoms with E-state index in [2.05, 4.69) is 15.9 Å². The number of carbonyl (C=O) groups is 1. The molecule has 1 aromatic rings. The summed E-state index contributed by atoms with van der Waals surface area (Å²) in [5.74, 6) is 0.812. The van der Waals surface area contributed by atoms with Crippen molar-refractivity contribution in [3.63, 3.8) is 0 Å². The second-order valence-electron chi connectivity index (χ2n) is 5.79. The largest absolute Gasteiger partial charge is 0.508 e. The second kappa shape index (κ2) is 3.27. The van der Waals surface area contributed by atoms with Crippen molar-refractivity contribution in [2.75, 3.05) is 0 Å². The summed E-state index contributed by atoms with van der Waals surface area (Å²) in [7, 11) is 0. The van der Waals surface area contributed by atoms with Crippen LogP contribution in [0.15, 0.2) is 22.7 Å².